The Bertz CT molecular complexity index is 465. The van der Waals surface area contributed by atoms with Crippen molar-refractivity contribution in [3.8, 4) is 0 Å². The molecule has 0 radical (unpaired) electrons. The standard InChI is InChI=1S/C18H29ClN2/c1-14-6-5-10-21(11-9-14)16-8-7-15(17(19)12-16)13-20-18(2,3)4/h7-8,12,14,20H,5-6,9-11,13H2,1-4H3. The average Bonchev–Trinajstić information content (AvgIpc) is 2.61. The fourth-order valence-electron chi connectivity index (χ4n) is 2.76. The van der Waals surface area contributed by atoms with E-state index in [0.717, 1.165) is 30.6 Å². The number of anilines is 1. The van der Waals surface area contributed by atoms with Gasteiger partial charge in [-0.3, -0.25) is 0 Å². The lowest BCUT2D eigenvalue weighted by atomic mass is 10.0. The molecule has 0 saturated carbocycles. The number of nitrogens with one attached hydrogen (secondary N) is 1. The Labute approximate surface area is 134 Å². The van der Waals surface area contributed by atoms with E-state index in [1.807, 2.05) is 0 Å². The lowest BCUT2D eigenvalue weighted by molar-refractivity contribution is 0.424. The van der Waals surface area contributed by atoms with E-state index in [1.54, 1.807) is 0 Å². The molecule has 0 aliphatic carbocycles. The molecule has 1 fully saturated rings. The van der Waals surface area contributed by atoms with E-state index in [9.17, 15) is 0 Å². The highest BCUT2D eigenvalue weighted by Crippen LogP contribution is 2.27. The van der Waals surface area contributed by atoms with Gasteiger partial charge in [-0.25, -0.2) is 0 Å². The fourth-order valence-corrected chi connectivity index (χ4v) is 3.00. The van der Waals surface area contributed by atoms with Crippen molar-refractivity contribution in [2.45, 2.75) is 59.0 Å². The number of halogens is 1. The van der Waals surface area contributed by atoms with Crippen LogP contribution in [0.5, 0.6) is 0 Å². The monoisotopic (exact) mass is 308 g/mol. The maximum absolute atomic E-state index is 6.48. The Morgan fingerprint density at radius 3 is 2.67 bits per heavy atom. The summed E-state index contributed by atoms with van der Waals surface area (Å²) in [5.74, 6) is 0.848. The summed E-state index contributed by atoms with van der Waals surface area (Å²) in [5.41, 5.74) is 2.57. The number of benzene rings is 1. The molecule has 0 spiro atoms. The summed E-state index contributed by atoms with van der Waals surface area (Å²) >= 11 is 6.48. The summed E-state index contributed by atoms with van der Waals surface area (Å²) in [7, 11) is 0. The number of nitrogens with zero attached hydrogens (tertiary/aromatic N) is 1. The van der Waals surface area contributed by atoms with Crippen molar-refractivity contribution in [2.75, 3.05) is 18.0 Å². The second kappa shape index (κ2) is 7.02. The van der Waals surface area contributed by atoms with E-state index in [2.05, 4.69) is 56.1 Å². The maximum Gasteiger partial charge on any atom is 0.0471 e. The van der Waals surface area contributed by atoms with Crippen molar-refractivity contribution in [2.24, 2.45) is 5.92 Å². The SMILES string of the molecule is CC1CCCN(c2ccc(CNC(C)(C)C)c(Cl)c2)CC1. The predicted molar refractivity (Wildman–Crippen MR) is 93.3 cm³/mol. The van der Waals surface area contributed by atoms with E-state index < -0.39 is 0 Å². The maximum atomic E-state index is 6.48. The van der Waals surface area contributed by atoms with E-state index >= 15 is 0 Å². The Morgan fingerprint density at radius 2 is 2.00 bits per heavy atom. The summed E-state index contributed by atoms with van der Waals surface area (Å²) in [4.78, 5) is 2.48. The Kier molecular flexibility index (Phi) is 5.56. The minimum atomic E-state index is 0.114. The largest absolute Gasteiger partial charge is 0.371 e. The number of hydrogen-bond acceptors (Lipinski definition) is 2. The third kappa shape index (κ3) is 5.19. The Morgan fingerprint density at radius 1 is 1.24 bits per heavy atom. The molecule has 2 nitrogen and oxygen atoms in total. The highest BCUT2D eigenvalue weighted by Gasteiger charge is 2.15. The summed E-state index contributed by atoms with van der Waals surface area (Å²) in [5, 5.41) is 4.37. The minimum absolute atomic E-state index is 0.114. The van der Waals surface area contributed by atoms with Crippen molar-refractivity contribution in [1.29, 1.82) is 0 Å². The van der Waals surface area contributed by atoms with Crippen LogP contribution >= 0.6 is 11.6 Å². The van der Waals surface area contributed by atoms with E-state index in [1.165, 1.54) is 30.5 Å². The van der Waals surface area contributed by atoms with Gasteiger partial charge in [0.05, 0.1) is 0 Å². The molecule has 118 valence electrons. The first-order chi connectivity index (χ1) is 9.85. The van der Waals surface area contributed by atoms with E-state index in [0.29, 0.717) is 0 Å². The van der Waals surface area contributed by atoms with Gasteiger partial charge in [-0.2, -0.15) is 0 Å². The Balaban J connectivity index is 2.04. The van der Waals surface area contributed by atoms with Crippen LogP contribution in [-0.4, -0.2) is 18.6 Å². The smallest absolute Gasteiger partial charge is 0.0471 e. The second-order valence-electron chi connectivity index (χ2n) is 7.40. The molecule has 1 atom stereocenters. The van der Waals surface area contributed by atoms with Crippen LogP contribution in [0, 0.1) is 5.92 Å². The van der Waals surface area contributed by atoms with Gasteiger partial charge in [0.1, 0.15) is 0 Å². The number of hydrogen-bond donors (Lipinski definition) is 1. The molecule has 1 aliphatic rings. The summed E-state index contributed by atoms with van der Waals surface area (Å²) in [6.07, 6.45) is 3.91. The third-order valence-electron chi connectivity index (χ3n) is 4.23. The molecule has 1 unspecified atom stereocenters. The molecule has 0 bridgehead atoms. The van der Waals surface area contributed by atoms with Gasteiger partial charge in [-0.1, -0.05) is 24.6 Å². The zero-order valence-corrected chi connectivity index (χ0v) is 14.6. The molecular formula is C18H29ClN2. The first-order valence-electron chi connectivity index (χ1n) is 8.13. The van der Waals surface area contributed by atoms with Crippen LogP contribution in [0.4, 0.5) is 5.69 Å². The second-order valence-corrected chi connectivity index (χ2v) is 7.81. The van der Waals surface area contributed by atoms with Gasteiger partial charge in [-0.15, -0.1) is 0 Å². The average molecular weight is 309 g/mol. The first-order valence-corrected chi connectivity index (χ1v) is 8.51. The first kappa shape index (κ1) is 16.6. The van der Waals surface area contributed by atoms with Crippen LogP contribution in [0.2, 0.25) is 5.02 Å². The molecule has 1 heterocycles. The molecule has 1 aliphatic heterocycles. The molecule has 1 N–H and O–H groups in total. The number of rotatable bonds is 3. The molecule has 1 aromatic carbocycles. The highest BCUT2D eigenvalue weighted by molar-refractivity contribution is 6.31. The molecule has 1 saturated heterocycles. The normalized spacial score (nSPS) is 20.4. The van der Waals surface area contributed by atoms with Crippen LogP contribution in [-0.2, 0) is 6.54 Å². The molecule has 2 rings (SSSR count). The highest BCUT2D eigenvalue weighted by atomic mass is 35.5. The van der Waals surface area contributed by atoms with Gasteiger partial charge >= 0.3 is 0 Å². The zero-order chi connectivity index (χ0) is 15.5. The lowest BCUT2D eigenvalue weighted by Crippen LogP contribution is -2.35. The fraction of sp³-hybridized carbons (Fsp3) is 0.667. The summed E-state index contributed by atoms with van der Waals surface area (Å²) in [6, 6.07) is 6.53. The van der Waals surface area contributed by atoms with Crippen LogP contribution < -0.4 is 10.2 Å². The van der Waals surface area contributed by atoms with Gasteiger partial charge in [0.2, 0.25) is 0 Å². The predicted octanol–water partition coefficient (Wildman–Crippen LogP) is 4.85. The van der Waals surface area contributed by atoms with Crippen molar-refractivity contribution >= 4 is 17.3 Å². The molecule has 0 amide bonds. The van der Waals surface area contributed by atoms with Gasteiger partial charge < -0.3 is 10.2 Å². The Hall–Kier alpha value is -0.730. The van der Waals surface area contributed by atoms with Crippen LogP contribution in [0.15, 0.2) is 18.2 Å². The molecule has 3 heteroatoms. The molecular weight excluding hydrogens is 280 g/mol. The minimum Gasteiger partial charge on any atom is -0.371 e. The van der Waals surface area contributed by atoms with Gasteiger partial charge in [0.15, 0.2) is 0 Å². The molecule has 1 aromatic rings. The zero-order valence-electron chi connectivity index (χ0n) is 13.9. The van der Waals surface area contributed by atoms with Crippen LogP contribution in [0.25, 0.3) is 0 Å². The molecule has 21 heavy (non-hydrogen) atoms. The lowest BCUT2D eigenvalue weighted by Gasteiger charge is -2.24. The topological polar surface area (TPSA) is 15.3 Å². The third-order valence-corrected chi connectivity index (χ3v) is 4.58. The van der Waals surface area contributed by atoms with Gasteiger partial charge in [-0.05, 0) is 63.6 Å². The van der Waals surface area contributed by atoms with Crippen molar-refractivity contribution in [1.82, 2.24) is 5.32 Å². The molecule has 0 aromatic heterocycles. The van der Waals surface area contributed by atoms with Crippen LogP contribution in [0.3, 0.4) is 0 Å². The van der Waals surface area contributed by atoms with Crippen molar-refractivity contribution < 1.29 is 0 Å². The van der Waals surface area contributed by atoms with Crippen LogP contribution in [0.1, 0.15) is 52.5 Å². The summed E-state index contributed by atoms with van der Waals surface area (Å²) < 4.78 is 0. The van der Waals surface area contributed by atoms with E-state index in [4.69, 9.17) is 11.6 Å². The quantitative estimate of drug-likeness (QED) is 0.858. The van der Waals surface area contributed by atoms with Gasteiger partial charge in [0.25, 0.3) is 0 Å². The summed E-state index contributed by atoms with van der Waals surface area (Å²) in [6.45, 7) is 12.0. The van der Waals surface area contributed by atoms with Crippen molar-refractivity contribution in [3.05, 3.63) is 28.8 Å². The van der Waals surface area contributed by atoms with Gasteiger partial charge in [0, 0.05) is 35.9 Å². The van der Waals surface area contributed by atoms with E-state index in [-0.39, 0.29) is 5.54 Å². The van der Waals surface area contributed by atoms with Crippen molar-refractivity contribution in [3.63, 3.8) is 0 Å².